The van der Waals surface area contributed by atoms with Crippen molar-refractivity contribution in [2.45, 2.75) is 20.3 Å². The second-order valence-corrected chi connectivity index (χ2v) is 5.44. The van der Waals surface area contributed by atoms with Crippen molar-refractivity contribution >= 4 is 27.4 Å². The lowest BCUT2D eigenvalue weighted by Gasteiger charge is -2.07. The van der Waals surface area contributed by atoms with Crippen LogP contribution in [-0.2, 0) is 0 Å². The van der Waals surface area contributed by atoms with Crippen molar-refractivity contribution in [1.82, 2.24) is 19.9 Å². The Labute approximate surface area is 121 Å². The van der Waals surface area contributed by atoms with Crippen molar-refractivity contribution in [2.24, 2.45) is 0 Å². The highest BCUT2D eigenvalue weighted by molar-refractivity contribution is 7.16. The molecule has 6 heteroatoms. The van der Waals surface area contributed by atoms with E-state index in [1.54, 1.807) is 23.7 Å². The molecule has 0 saturated carbocycles. The summed E-state index contributed by atoms with van der Waals surface area (Å²) in [5.41, 5.74) is 1.02. The van der Waals surface area contributed by atoms with E-state index in [4.69, 9.17) is 0 Å². The fourth-order valence-electron chi connectivity index (χ4n) is 1.84. The van der Waals surface area contributed by atoms with E-state index in [1.807, 2.05) is 18.4 Å². The third kappa shape index (κ3) is 2.46. The maximum atomic E-state index is 4.57. The molecule has 20 heavy (non-hydrogen) atoms. The number of nitrogens with zero attached hydrogens (tertiary/aromatic N) is 4. The summed E-state index contributed by atoms with van der Waals surface area (Å²) in [5.74, 6) is 1.99. The quantitative estimate of drug-likeness (QED) is 0.797. The monoisotopic (exact) mass is 285 g/mol. The number of nitrogens with one attached hydrogen (secondary N) is 1. The van der Waals surface area contributed by atoms with Crippen LogP contribution in [0.5, 0.6) is 0 Å². The molecule has 0 saturated heterocycles. The van der Waals surface area contributed by atoms with E-state index in [2.05, 4.69) is 32.2 Å². The van der Waals surface area contributed by atoms with Gasteiger partial charge in [-0.15, -0.1) is 11.3 Å². The Morgan fingerprint density at radius 1 is 1.15 bits per heavy atom. The first-order valence-electron chi connectivity index (χ1n) is 6.56. The average molecular weight is 285 g/mol. The van der Waals surface area contributed by atoms with E-state index in [0.29, 0.717) is 11.6 Å². The van der Waals surface area contributed by atoms with Crippen molar-refractivity contribution in [3.8, 4) is 11.6 Å². The van der Waals surface area contributed by atoms with Gasteiger partial charge in [-0.1, -0.05) is 6.92 Å². The number of hydrogen-bond donors (Lipinski definition) is 1. The summed E-state index contributed by atoms with van der Waals surface area (Å²) in [6.07, 6.45) is 4.61. The molecule has 0 spiro atoms. The number of rotatable bonds is 4. The number of hydrogen-bond acceptors (Lipinski definition) is 6. The molecule has 5 nitrogen and oxygen atoms in total. The Balaban J connectivity index is 2.08. The zero-order valence-corrected chi connectivity index (χ0v) is 12.2. The van der Waals surface area contributed by atoms with E-state index in [1.165, 1.54) is 0 Å². The predicted octanol–water partition coefficient (Wildman–Crippen LogP) is 3.28. The van der Waals surface area contributed by atoms with E-state index >= 15 is 0 Å². The van der Waals surface area contributed by atoms with Gasteiger partial charge >= 0.3 is 0 Å². The Morgan fingerprint density at radius 3 is 2.70 bits per heavy atom. The molecule has 0 unspecified atom stereocenters. The van der Waals surface area contributed by atoms with Crippen LogP contribution >= 0.6 is 11.3 Å². The van der Waals surface area contributed by atoms with E-state index in [-0.39, 0.29) is 0 Å². The topological polar surface area (TPSA) is 63.6 Å². The molecule has 102 valence electrons. The smallest absolute Gasteiger partial charge is 0.201 e. The molecule has 0 radical (unpaired) electrons. The minimum absolute atomic E-state index is 0.561. The van der Waals surface area contributed by atoms with Crippen molar-refractivity contribution < 1.29 is 0 Å². The minimum Gasteiger partial charge on any atom is -0.369 e. The van der Waals surface area contributed by atoms with Crippen molar-refractivity contribution in [1.29, 1.82) is 0 Å². The summed E-state index contributed by atoms with van der Waals surface area (Å²) in [5, 5.41) is 6.42. The number of thiophene rings is 1. The van der Waals surface area contributed by atoms with Gasteiger partial charge in [0.15, 0.2) is 5.82 Å². The highest BCUT2D eigenvalue weighted by atomic mass is 32.1. The molecular weight excluding hydrogens is 270 g/mol. The number of fused-ring (bicyclic) bond motifs is 1. The van der Waals surface area contributed by atoms with E-state index in [0.717, 1.165) is 34.6 Å². The maximum Gasteiger partial charge on any atom is 0.201 e. The molecule has 3 aromatic heterocycles. The van der Waals surface area contributed by atoms with Crippen LogP contribution in [0.2, 0.25) is 0 Å². The molecule has 1 N–H and O–H groups in total. The largest absolute Gasteiger partial charge is 0.369 e. The zero-order chi connectivity index (χ0) is 13.9. The lowest BCUT2D eigenvalue weighted by molar-refractivity contribution is 0.968. The molecule has 0 aliphatic rings. The highest BCUT2D eigenvalue weighted by Crippen LogP contribution is 2.27. The molecular formula is C14H15N5S. The molecule has 0 bridgehead atoms. The lowest BCUT2D eigenvalue weighted by atomic mass is 10.3. The van der Waals surface area contributed by atoms with Gasteiger partial charge in [0.05, 0.1) is 5.39 Å². The van der Waals surface area contributed by atoms with Gasteiger partial charge in [-0.2, -0.15) is 0 Å². The van der Waals surface area contributed by atoms with Crippen LogP contribution in [-0.4, -0.2) is 26.5 Å². The molecule has 0 aliphatic carbocycles. The van der Waals surface area contributed by atoms with Gasteiger partial charge in [0.2, 0.25) is 5.82 Å². The van der Waals surface area contributed by atoms with Gasteiger partial charge in [-0.25, -0.2) is 19.9 Å². The predicted molar refractivity (Wildman–Crippen MR) is 82.0 cm³/mol. The Kier molecular flexibility index (Phi) is 3.56. The molecule has 3 heterocycles. The van der Waals surface area contributed by atoms with Gasteiger partial charge in [-0.3, -0.25) is 0 Å². The first kappa shape index (κ1) is 12.9. The number of anilines is 1. The number of aryl methyl sites for hydroxylation is 1. The highest BCUT2D eigenvalue weighted by Gasteiger charge is 2.11. The van der Waals surface area contributed by atoms with Gasteiger partial charge in [0.25, 0.3) is 0 Å². The van der Waals surface area contributed by atoms with Crippen molar-refractivity contribution in [3.05, 3.63) is 29.4 Å². The molecule has 0 fully saturated rings. The lowest BCUT2D eigenvalue weighted by Crippen LogP contribution is -2.05. The molecule has 3 rings (SSSR count). The summed E-state index contributed by atoms with van der Waals surface area (Å²) in [7, 11) is 0. The normalized spacial score (nSPS) is 10.9. The van der Waals surface area contributed by atoms with Crippen LogP contribution in [0.15, 0.2) is 23.8 Å². The van der Waals surface area contributed by atoms with E-state index in [9.17, 15) is 0 Å². The van der Waals surface area contributed by atoms with Gasteiger partial charge in [0.1, 0.15) is 10.6 Å². The van der Waals surface area contributed by atoms with Crippen LogP contribution in [0.3, 0.4) is 0 Å². The van der Waals surface area contributed by atoms with Gasteiger partial charge < -0.3 is 5.32 Å². The van der Waals surface area contributed by atoms with Crippen molar-refractivity contribution in [2.75, 3.05) is 11.9 Å². The zero-order valence-electron chi connectivity index (χ0n) is 11.4. The summed E-state index contributed by atoms with van der Waals surface area (Å²) in [4.78, 5) is 18.7. The third-order valence-electron chi connectivity index (χ3n) is 2.85. The Hall–Kier alpha value is -2.08. The SMILES string of the molecule is CCCNc1nc(-c2ncc(C)cn2)nc2sccc12. The fourth-order valence-corrected chi connectivity index (χ4v) is 2.61. The summed E-state index contributed by atoms with van der Waals surface area (Å²) >= 11 is 1.60. The molecule has 0 amide bonds. The standard InChI is InChI=1S/C14H15N5S/c1-3-5-15-11-10-4-6-20-14(10)19-13(18-11)12-16-7-9(2)8-17-12/h4,6-8H,3,5H2,1-2H3,(H,15,18,19). The average Bonchev–Trinajstić information content (AvgIpc) is 2.94. The molecule has 0 aromatic carbocycles. The van der Waals surface area contributed by atoms with Crippen LogP contribution < -0.4 is 5.32 Å². The summed E-state index contributed by atoms with van der Waals surface area (Å²) in [6.45, 7) is 4.97. The van der Waals surface area contributed by atoms with Crippen LogP contribution in [0.4, 0.5) is 5.82 Å². The maximum absolute atomic E-state index is 4.57. The molecule has 3 aromatic rings. The minimum atomic E-state index is 0.561. The van der Waals surface area contributed by atoms with Crippen LogP contribution in [0, 0.1) is 6.92 Å². The Morgan fingerprint density at radius 2 is 1.95 bits per heavy atom. The molecule has 0 atom stereocenters. The van der Waals surface area contributed by atoms with E-state index < -0.39 is 0 Å². The number of aromatic nitrogens is 4. The van der Waals surface area contributed by atoms with Crippen LogP contribution in [0.25, 0.3) is 21.9 Å². The summed E-state index contributed by atoms with van der Waals surface area (Å²) < 4.78 is 0. The van der Waals surface area contributed by atoms with Gasteiger partial charge in [0, 0.05) is 18.9 Å². The van der Waals surface area contributed by atoms with Gasteiger partial charge in [-0.05, 0) is 30.4 Å². The first-order valence-corrected chi connectivity index (χ1v) is 7.44. The third-order valence-corrected chi connectivity index (χ3v) is 3.66. The Bertz CT molecular complexity index is 720. The second kappa shape index (κ2) is 5.50. The first-order chi connectivity index (χ1) is 9.78. The van der Waals surface area contributed by atoms with Crippen molar-refractivity contribution in [3.63, 3.8) is 0 Å². The fraction of sp³-hybridized carbons (Fsp3) is 0.286. The summed E-state index contributed by atoms with van der Waals surface area (Å²) in [6, 6.07) is 2.04. The molecule has 0 aliphatic heterocycles. The van der Waals surface area contributed by atoms with Crippen LogP contribution in [0.1, 0.15) is 18.9 Å². The second-order valence-electron chi connectivity index (χ2n) is 4.55.